The SMILES string of the molecule is Cc1cc2ncnn2cc1[C@@H]1CCN(S(=O)(=O)c2cnn(C)c2C)C[C@H]1F. The molecule has 1 saturated heterocycles. The van der Waals surface area contributed by atoms with Gasteiger partial charge in [-0.05, 0) is 37.5 Å². The van der Waals surface area contributed by atoms with E-state index in [0.29, 0.717) is 17.8 Å². The molecule has 0 saturated carbocycles. The van der Waals surface area contributed by atoms with Crippen molar-refractivity contribution in [3.63, 3.8) is 0 Å². The molecule has 1 aliphatic rings. The number of hydrogen-bond acceptors (Lipinski definition) is 5. The van der Waals surface area contributed by atoms with E-state index >= 15 is 4.39 Å². The van der Waals surface area contributed by atoms with Gasteiger partial charge < -0.3 is 0 Å². The zero-order valence-corrected chi connectivity index (χ0v) is 16.2. The van der Waals surface area contributed by atoms with Crippen LogP contribution in [-0.2, 0) is 17.1 Å². The summed E-state index contributed by atoms with van der Waals surface area (Å²) in [5, 5.41) is 8.11. The Morgan fingerprint density at radius 2 is 2.04 bits per heavy atom. The first kappa shape index (κ1) is 18.1. The van der Waals surface area contributed by atoms with Crippen LogP contribution in [-0.4, -0.2) is 56.4 Å². The molecule has 0 amide bonds. The largest absolute Gasteiger partial charge is 0.272 e. The van der Waals surface area contributed by atoms with E-state index in [1.807, 2.05) is 13.0 Å². The summed E-state index contributed by atoms with van der Waals surface area (Å²) in [5.41, 5.74) is 3.02. The van der Waals surface area contributed by atoms with Crippen molar-refractivity contribution in [2.75, 3.05) is 13.1 Å². The number of piperidine rings is 1. The van der Waals surface area contributed by atoms with E-state index in [2.05, 4.69) is 15.2 Å². The van der Waals surface area contributed by atoms with E-state index in [0.717, 1.165) is 11.1 Å². The van der Waals surface area contributed by atoms with Gasteiger partial charge in [0.25, 0.3) is 0 Å². The summed E-state index contributed by atoms with van der Waals surface area (Å²) in [6.45, 7) is 3.70. The minimum atomic E-state index is -3.76. The van der Waals surface area contributed by atoms with Gasteiger partial charge in [0.1, 0.15) is 17.4 Å². The van der Waals surface area contributed by atoms with Crippen molar-refractivity contribution in [3.05, 3.63) is 41.6 Å². The summed E-state index contributed by atoms with van der Waals surface area (Å²) in [7, 11) is -2.08. The molecule has 144 valence electrons. The number of alkyl halides is 1. The Kier molecular flexibility index (Phi) is 4.26. The van der Waals surface area contributed by atoms with Gasteiger partial charge in [0.2, 0.25) is 10.0 Å². The Bertz CT molecular complexity index is 1110. The molecule has 0 aromatic carbocycles. The summed E-state index contributed by atoms with van der Waals surface area (Å²) in [6, 6.07) is 1.87. The number of pyridine rings is 1. The second-order valence-corrected chi connectivity index (χ2v) is 8.87. The van der Waals surface area contributed by atoms with Crippen LogP contribution in [0.15, 0.2) is 29.7 Å². The quantitative estimate of drug-likeness (QED) is 0.676. The molecule has 1 fully saturated rings. The predicted molar refractivity (Wildman–Crippen MR) is 96.7 cm³/mol. The smallest absolute Gasteiger partial charge is 0.246 e. The van der Waals surface area contributed by atoms with Crippen LogP contribution in [0.2, 0.25) is 0 Å². The Morgan fingerprint density at radius 1 is 1.26 bits per heavy atom. The van der Waals surface area contributed by atoms with Gasteiger partial charge in [-0.25, -0.2) is 22.3 Å². The summed E-state index contributed by atoms with van der Waals surface area (Å²) in [6.07, 6.45) is 3.68. The molecule has 0 aliphatic carbocycles. The van der Waals surface area contributed by atoms with E-state index in [-0.39, 0.29) is 23.9 Å². The van der Waals surface area contributed by atoms with Crippen molar-refractivity contribution >= 4 is 15.7 Å². The topological polar surface area (TPSA) is 85.4 Å². The number of fused-ring (bicyclic) bond motifs is 1. The maximum atomic E-state index is 15.1. The van der Waals surface area contributed by atoms with Gasteiger partial charge >= 0.3 is 0 Å². The second kappa shape index (κ2) is 6.38. The van der Waals surface area contributed by atoms with Crippen molar-refractivity contribution < 1.29 is 12.8 Å². The fourth-order valence-electron chi connectivity index (χ4n) is 3.68. The number of sulfonamides is 1. The predicted octanol–water partition coefficient (Wildman–Crippen LogP) is 1.60. The third-order valence-electron chi connectivity index (χ3n) is 5.37. The van der Waals surface area contributed by atoms with Crippen LogP contribution in [0.1, 0.15) is 29.2 Å². The van der Waals surface area contributed by atoms with Gasteiger partial charge in [-0.1, -0.05) is 0 Å². The van der Waals surface area contributed by atoms with Gasteiger partial charge in [0.05, 0.1) is 11.9 Å². The van der Waals surface area contributed by atoms with Crippen molar-refractivity contribution in [2.24, 2.45) is 7.05 Å². The first-order chi connectivity index (χ1) is 12.8. The molecule has 8 nitrogen and oxygen atoms in total. The van der Waals surface area contributed by atoms with Crippen LogP contribution in [0.4, 0.5) is 4.39 Å². The molecule has 3 aromatic rings. The Balaban J connectivity index is 1.60. The summed E-state index contributed by atoms with van der Waals surface area (Å²) >= 11 is 0. The highest BCUT2D eigenvalue weighted by Crippen LogP contribution is 2.35. The van der Waals surface area contributed by atoms with Crippen LogP contribution in [0, 0.1) is 13.8 Å². The van der Waals surface area contributed by atoms with Crippen LogP contribution in [0.5, 0.6) is 0 Å². The molecule has 4 rings (SSSR count). The van der Waals surface area contributed by atoms with Crippen LogP contribution in [0.3, 0.4) is 0 Å². The fraction of sp³-hybridized carbons (Fsp3) is 0.471. The van der Waals surface area contributed by atoms with Gasteiger partial charge in [0, 0.05) is 32.3 Å². The molecule has 0 N–H and O–H groups in total. The lowest BCUT2D eigenvalue weighted by molar-refractivity contribution is 0.174. The molecule has 4 heterocycles. The Morgan fingerprint density at radius 3 is 2.70 bits per heavy atom. The molecule has 0 unspecified atom stereocenters. The Hall–Kier alpha value is -2.33. The maximum absolute atomic E-state index is 15.1. The molecule has 0 radical (unpaired) electrons. The van der Waals surface area contributed by atoms with Crippen molar-refractivity contribution in [3.8, 4) is 0 Å². The van der Waals surface area contributed by atoms with Crippen molar-refractivity contribution in [1.82, 2.24) is 28.7 Å². The molecule has 10 heteroatoms. The van der Waals surface area contributed by atoms with E-state index < -0.39 is 16.2 Å². The highest BCUT2D eigenvalue weighted by molar-refractivity contribution is 7.89. The van der Waals surface area contributed by atoms with Crippen molar-refractivity contribution in [1.29, 1.82) is 0 Å². The second-order valence-electron chi connectivity index (χ2n) is 6.97. The van der Waals surface area contributed by atoms with Gasteiger partial charge in [-0.15, -0.1) is 0 Å². The number of aryl methyl sites for hydroxylation is 2. The first-order valence-corrected chi connectivity index (χ1v) is 10.2. The lowest BCUT2D eigenvalue weighted by Crippen LogP contribution is -2.44. The standard InChI is InChI=1S/C17H21FN6O2S/c1-11-6-17-19-10-21-24(17)8-14(11)13-4-5-23(9-15(13)18)27(25,26)16-7-20-22(3)12(16)2/h6-8,10,13,15H,4-5,9H2,1-3H3/t13-,15+/m0/s1. The highest BCUT2D eigenvalue weighted by Gasteiger charge is 2.38. The number of halogens is 1. The van der Waals surface area contributed by atoms with Crippen molar-refractivity contribution in [2.45, 2.75) is 37.3 Å². The van der Waals surface area contributed by atoms with Crippen LogP contribution < -0.4 is 0 Å². The summed E-state index contributed by atoms with van der Waals surface area (Å²) in [4.78, 5) is 4.27. The number of hydrogen-bond donors (Lipinski definition) is 0. The summed E-state index contributed by atoms with van der Waals surface area (Å²) < 4.78 is 45.2. The molecular weight excluding hydrogens is 371 g/mol. The third-order valence-corrected chi connectivity index (χ3v) is 7.34. The summed E-state index contributed by atoms with van der Waals surface area (Å²) in [5.74, 6) is -0.375. The molecule has 0 spiro atoms. The molecule has 1 aliphatic heterocycles. The number of nitrogens with zero attached hydrogens (tertiary/aromatic N) is 6. The van der Waals surface area contributed by atoms with Crippen LogP contribution in [0.25, 0.3) is 5.65 Å². The monoisotopic (exact) mass is 392 g/mol. The van der Waals surface area contributed by atoms with E-state index in [1.165, 1.54) is 21.5 Å². The average molecular weight is 392 g/mol. The highest BCUT2D eigenvalue weighted by atomic mass is 32.2. The van der Waals surface area contributed by atoms with Gasteiger partial charge in [0.15, 0.2) is 5.65 Å². The van der Waals surface area contributed by atoms with E-state index in [9.17, 15) is 8.42 Å². The van der Waals surface area contributed by atoms with Crippen LogP contribution >= 0.6 is 0 Å². The lowest BCUT2D eigenvalue weighted by Gasteiger charge is -2.34. The third kappa shape index (κ3) is 2.92. The molecule has 3 aromatic heterocycles. The van der Waals surface area contributed by atoms with Gasteiger partial charge in [-0.2, -0.15) is 14.5 Å². The zero-order chi connectivity index (χ0) is 19.3. The van der Waals surface area contributed by atoms with E-state index in [1.54, 1.807) is 24.7 Å². The maximum Gasteiger partial charge on any atom is 0.246 e. The molecule has 27 heavy (non-hydrogen) atoms. The number of rotatable bonds is 3. The fourth-order valence-corrected chi connectivity index (χ4v) is 5.33. The molecule has 0 bridgehead atoms. The minimum absolute atomic E-state index is 0.135. The Labute approximate surface area is 156 Å². The molecule has 2 atom stereocenters. The lowest BCUT2D eigenvalue weighted by atomic mass is 9.87. The first-order valence-electron chi connectivity index (χ1n) is 8.71. The van der Waals surface area contributed by atoms with E-state index in [4.69, 9.17) is 0 Å². The average Bonchev–Trinajstić information content (AvgIpc) is 3.21. The molecular formula is C17H21FN6O2S. The zero-order valence-electron chi connectivity index (χ0n) is 15.4. The number of aromatic nitrogens is 5. The normalized spacial score (nSPS) is 21.8. The minimum Gasteiger partial charge on any atom is -0.272 e. The van der Waals surface area contributed by atoms with Gasteiger partial charge in [-0.3, -0.25) is 4.68 Å².